The van der Waals surface area contributed by atoms with Crippen molar-refractivity contribution in [1.82, 2.24) is 9.80 Å². The van der Waals surface area contributed by atoms with Crippen molar-refractivity contribution in [3.8, 4) is 0 Å². The predicted octanol–water partition coefficient (Wildman–Crippen LogP) is 1.53. The fourth-order valence-corrected chi connectivity index (χ4v) is 4.23. The van der Waals surface area contributed by atoms with E-state index in [9.17, 15) is 0 Å². The fourth-order valence-electron chi connectivity index (χ4n) is 3.34. The number of likely N-dealkylation sites (tertiary alicyclic amines) is 1. The van der Waals surface area contributed by atoms with Gasteiger partial charge in [0.25, 0.3) is 0 Å². The van der Waals surface area contributed by atoms with Gasteiger partial charge >= 0.3 is 0 Å². The van der Waals surface area contributed by atoms with Crippen molar-refractivity contribution in [1.29, 1.82) is 0 Å². The van der Waals surface area contributed by atoms with Crippen LogP contribution in [-0.4, -0.2) is 48.6 Å². The van der Waals surface area contributed by atoms with Crippen molar-refractivity contribution in [3.05, 3.63) is 21.9 Å². The smallest absolute Gasteiger partial charge is 0.0359 e. The first-order chi connectivity index (χ1) is 8.73. The Bertz CT molecular complexity index is 407. The van der Waals surface area contributed by atoms with Crippen molar-refractivity contribution in [2.75, 3.05) is 33.2 Å². The van der Waals surface area contributed by atoms with E-state index in [-0.39, 0.29) is 5.54 Å². The Labute approximate surface area is 114 Å². The molecule has 3 heterocycles. The van der Waals surface area contributed by atoms with Gasteiger partial charge in [-0.25, -0.2) is 0 Å². The number of hydrogen-bond donors (Lipinski definition) is 1. The maximum Gasteiger partial charge on any atom is 0.0359 e. The number of fused-ring (bicyclic) bond motifs is 1. The van der Waals surface area contributed by atoms with Crippen molar-refractivity contribution in [3.63, 3.8) is 0 Å². The molecule has 2 aliphatic rings. The van der Waals surface area contributed by atoms with Gasteiger partial charge in [-0.2, -0.15) is 0 Å². The molecule has 2 N–H and O–H groups in total. The van der Waals surface area contributed by atoms with E-state index in [4.69, 9.17) is 5.73 Å². The second kappa shape index (κ2) is 4.93. The van der Waals surface area contributed by atoms with Crippen LogP contribution in [0, 0.1) is 0 Å². The minimum Gasteiger partial charge on any atom is -0.329 e. The molecule has 1 aromatic heterocycles. The minimum atomic E-state index is 0.256. The Balaban J connectivity index is 1.77. The van der Waals surface area contributed by atoms with E-state index in [2.05, 4.69) is 28.3 Å². The summed E-state index contributed by atoms with van der Waals surface area (Å²) in [5, 5.41) is 2.23. The second-order valence-electron chi connectivity index (χ2n) is 5.77. The third-order valence-corrected chi connectivity index (χ3v) is 5.80. The summed E-state index contributed by atoms with van der Waals surface area (Å²) in [5.41, 5.74) is 7.95. The zero-order chi connectivity index (χ0) is 12.6. The normalized spacial score (nSPS) is 25.0. The van der Waals surface area contributed by atoms with Crippen LogP contribution < -0.4 is 5.73 Å². The van der Waals surface area contributed by atoms with Gasteiger partial charge in [0.05, 0.1) is 0 Å². The molecule has 18 heavy (non-hydrogen) atoms. The van der Waals surface area contributed by atoms with E-state index in [0.717, 1.165) is 13.1 Å². The quantitative estimate of drug-likeness (QED) is 0.880. The zero-order valence-corrected chi connectivity index (χ0v) is 12.0. The molecular weight excluding hydrogens is 242 g/mol. The van der Waals surface area contributed by atoms with Gasteiger partial charge in [-0.3, -0.25) is 4.90 Å². The highest BCUT2D eigenvalue weighted by atomic mass is 32.1. The molecule has 0 amide bonds. The Morgan fingerprint density at radius 3 is 2.83 bits per heavy atom. The number of piperidine rings is 1. The van der Waals surface area contributed by atoms with Gasteiger partial charge in [-0.05, 0) is 56.4 Å². The molecule has 3 rings (SSSR count). The van der Waals surface area contributed by atoms with Crippen molar-refractivity contribution >= 4 is 11.3 Å². The molecular formula is C14H23N3S. The van der Waals surface area contributed by atoms with Gasteiger partial charge in [-0.1, -0.05) is 0 Å². The van der Waals surface area contributed by atoms with Crippen molar-refractivity contribution in [2.24, 2.45) is 5.73 Å². The van der Waals surface area contributed by atoms with Gasteiger partial charge in [-0.15, -0.1) is 11.3 Å². The molecule has 4 heteroatoms. The Morgan fingerprint density at radius 1 is 1.33 bits per heavy atom. The zero-order valence-electron chi connectivity index (χ0n) is 11.2. The average Bonchev–Trinajstić information content (AvgIpc) is 2.87. The summed E-state index contributed by atoms with van der Waals surface area (Å²) in [4.78, 5) is 6.68. The third-order valence-electron chi connectivity index (χ3n) is 4.78. The summed E-state index contributed by atoms with van der Waals surface area (Å²) in [6, 6.07) is 2.30. The number of nitrogens with zero attached hydrogens (tertiary/aromatic N) is 2. The average molecular weight is 265 g/mol. The molecule has 0 bridgehead atoms. The first-order valence-corrected chi connectivity index (χ1v) is 7.80. The van der Waals surface area contributed by atoms with Gasteiger partial charge in [0.1, 0.15) is 0 Å². The molecule has 0 atom stereocenters. The van der Waals surface area contributed by atoms with Crippen LogP contribution in [0.4, 0.5) is 0 Å². The molecule has 1 fully saturated rings. The second-order valence-corrected chi connectivity index (χ2v) is 6.77. The molecule has 1 saturated heterocycles. The SMILES string of the molecule is CN1CCC(CN)(N2CCc3sccc3C2)CC1. The lowest BCUT2D eigenvalue weighted by molar-refractivity contribution is 0.0240. The molecule has 0 aliphatic carbocycles. The van der Waals surface area contributed by atoms with Crippen LogP contribution in [0.5, 0.6) is 0 Å². The van der Waals surface area contributed by atoms with E-state index in [1.54, 1.807) is 4.88 Å². The maximum atomic E-state index is 6.15. The monoisotopic (exact) mass is 265 g/mol. The van der Waals surface area contributed by atoms with Gasteiger partial charge in [0.2, 0.25) is 0 Å². The Hall–Kier alpha value is -0.420. The summed E-state index contributed by atoms with van der Waals surface area (Å²) in [5.74, 6) is 0. The largest absolute Gasteiger partial charge is 0.329 e. The van der Waals surface area contributed by atoms with Crippen LogP contribution in [0.3, 0.4) is 0 Å². The van der Waals surface area contributed by atoms with E-state index >= 15 is 0 Å². The Morgan fingerprint density at radius 2 is 2.11 bits per heavy atom. The van der Waals surface area contributed by atoms with Gasteiger partial charge in [0, 0.05) is 30.1 Å². The van der Waals surface area contributed by atoms with Gasteiger partial charge < -0.3 is 10.6 Å². The van der Waals surface area contributed by atoms with Crippen LogP contribution in [0.1, 0.15) is 23.3 Å². The summed E-state index contributed by atoms with van der Waals surface area (Å²) >= 11 is 1.91. The van der Waals surface area contributed by atoms with Crippen LogP contribution in [-0.2, 0) is 13.0 Å². The number of nitrogens with two attached hydrogens (primary N) is 1. The molecule has 1 aromatic rings. The predicted molar refractivity (Wildman–Crippen MR) is 76.9 cm³/mol. The molecule has 2 aliphatic heterocycles. The van der Waals surface area contributed by atoms with Crippen LogP contribution in [0.25, 0.3) is 0 Å². The molecule has 0 unspecified atom stereocenters. The van der Waals surface area contributed by atoms with Gasteiger partial charge in [0.15, 0.2) is 0 Å². The summed E-state index contributed by atoms with van der Waals surface area (Å²) < 4.78 is 0. The number of rotatable bonds is 2. The highest BCUT2D eigenvalue weighted by Crippen LogP contribution is 2.33. The van der Waals surface area contributed by atoms with E-state index in [0.29, 0.717) is 0 Å². The first-order valence-electron chi connectivity index (χ1n) is 6.92. The lowest BCUT2D eigenvalue weighted by Gasteiger charge is -2.49. The molecule has 0 aromatic carbocycles. The fraction of sp³-hybridized carbons (Fsp3) is 0.714. The van der Waals surface area contributed by atoms with Crippen LogP contribution in [0.2, 0.25) is 0 Å². The van der Waals surface area contributed by atoms with E-state index in [1.165, 1.54) is 44.5 Å². The molecule has 0 saturated carbocycles. The highest BCUT2D eigenvalue weighted by molar-refractivity contribution is 7.10. The van der Waals surface area contributed by atoms with Crippen LogP contribution in [0.15, 0.2) is 11.4 Å². The molecule has 0 radical (unpaired) electrons. The molecule has 0 spiro atoms. The Kier molecular flexibility index (Phi) is 3.45. The molecule has 3 nitrogen and oxygen atoms in total. The highest BCUT2D eigenvalue weighted by Gasteiger charge is 2.39. The number of thiophene rings is 1. The summed E-state index contributed by atoms with van der Waals surface area (Å²) in [7, 11) is 2.22. The lowest BCUT2D eigenvalue weighted by Crippen LogP contribution is -2.59. The maximum absolute atomic E-state index is 6.15. The van der Waals surface area contributed by atoms with E-state index < -0.39 is 0 Å². The van der Waals surface area contributed by atoms with E-state index in [1.807, 2.05) is 11.3 Å². The van der Waals surface area contributed by atoms with Crippen LogP contribution >= 0.6 is 11.3 Å². The van der Waals surface area contributed by atoms with Crippen molar-refractivity contribution < 1.29 is 0 Å². The topological polar surface area (TPSA) is 32.5 Å². The first kappa shape index (κ1) is 12.6. The van der Waals surface area contributed by atoms with Crippen molar-refractivity contribution in [2.45, 2.75) is 31.3 Å². The minimum absolute atomic E-state index is 0.256. The third kappa shape index (κ3) is 2.11. The summed E-state index contributed by atoms with van der Waals surface area (Å²) in [6.07, 6.45) is 3.66. The standard InChI is InChI=1S/C14H23N3S/c1-16-7-4-14(11-15,5-8-16)17-6-2-13-12(10-17)3-9-18-13/h3,9H,2,4-8,10-11,15H2,1H3. The lowest BCUT2D eigenvalue weighted by atomic mass is 9.84. The number of hydrogen-bond acceptors (Lipinski definition) is 4. The molecule has 100 valence electrons. The summed E-state index contributed by atoms with van der Waals surface area (Å²) in [6.45, 7) is 5.48.